The second-order valence-corrected chi connectivity index (χ2v) is 6.95. The molecule has 0 aromatic heterocycles. The van der Waals surface area contributed by atoms with Gasteiger partial charge in [-0.2, -0.15) is 61.5 Å². The highest BCUT2D eigenvalue weighted by atomic mass is 35.5. The van der Waals surface area contributed by atoms with Gasteiger partial charge in [0.05, 0.1) is 6.10 Å². The minimum absolute atomic E-state index is 0.0440. The predicted molar refractivity (Wildman–Crippen MR) is 79.5 cm³/mol. The van der Waals surface area contributed by atoms with Gasteiger partial charge in [-0.15, -0.1) is 11.6 Å². The first-order valence-corrected chi connectivity index (χ1v) is 8.87. The SMILES string of the molecule is CC(CCl)OC[C@](C)(F)OC(OC(F)(F)C(F)(F)C(F)(F)C(F)(F)F)C(F)(F)OC(F)C(F)(F)F. The van der Waals surface area contributed by atoms with Crippen molar-refractivity contribution in [3.05, 3.63) is 0 Å². The summed E-state index contributed by atoms with van der Waals surface area (Å²) in [5.41, 5.74) is 0. The van der Waals surface area contributed by atoms with Crippen LogP contribution in [0.15, 0.2) is 0 Å². The maximum absolute atomic E-state index is 14.3. The molecular weight excluding hydrogens is 572 g/mol. The second-order valence-electron chi connectivity index (χ2n) is 6.65. The van der Waals surface area contributed by atoms with Crippen molar-refractivity contribution in [2.24, 2.45) is 0 Å². The highest BCUT2D eigenvalue weighted by Crippen LogP contribution is 2.54. The molecule has 0 rings (SSSR count). The lowest BCUT2D eigenvalue weighted by atomic mass is 10.1. The second kappa shape index (κ2) is 10.8. The van der Waals surface area contributed by atoms with E-state index in [2.05, 4.69) is 18.9 Å². The van der Waals surface area contributed by atoms with Crippen LogP contribution in [0.25, 0.3) is 0 Å². The van der Waals surface area contributed by atoms with Crippen LogP contribution in [-0.4, -0.2) is 73.5 Å². The van der Waals surface area contributed by atoms with Crippen LogP contribution in [0.5, 0.6) is 0 Å². The molecule has 0 spiro atoms. The Labute approximate surface area is 189 Å². The molecule has 0 heterocycles. The fourth-order valence-corrected chi connectivity index (χ4v) is 1.67. The summed E-state index contributed by atoms with van der Waals surface area (Å²) in [5.74, 6) is -19.9. The van der Waals surface area contributed by atoms with E-state index in [1.165, 1.54) is 0 Å². The molecule has 0 saturated carbocycles. The first kappa shape index (κ1) is 34.0. The van der Waals surface area contributed by atoms with E-state index in [9.17, 15) is 70.2 Å². The average Bonchev–Trinajstić information content (AvgIpc) is 2.62. The van der Waals surface area contributed by atoms with E-state index in [4.69, 9.17) is 11.6 Å². The summed E-state index contributed by atoms with van der Waals surface area (Å²) in [6, 6.07) is 0. The molecule has 3 unspecified atom stereocenters. The molecule has 0 aromatic rings. The Morgan fingerprint density at radius 1 is 0.714 bits per heavy atom. The zero-order valence-corrected chi connectivity index (χ0v) is 17.5. The number of alkyl halides is 17. The highest BCUT2D eigenvalue weighted by Gasteiger charge is 2.83. The van der Waals surface area contributed by atoms with Gasteiger partial charge >= 0.3 is 36.4 Å². The van der Waals surface area contributed by atoms with E-state index in [1.54, 1.807) is 0 Å². The molecule has 21 heteroatoms. The lowest BCUT2D eigenvalue weighted by Gasteiger charge is -2.38. The fraction of sp³-hybridized carbons (Fsp3) is 1.00. The van der Waals surface area contributed by atoms with Crippen molar-refractivity contribution in [3.63, 3.8) is 0 Å². The van der Waals surface area contributed by atoms with Gasteiger partial charge in [-0.05, 0) is 13.8 Å². The zero-order chi connectivity index (χ0) is 28.5. The summed E-state index contributed by atoms with van der Waals surface area (Å²) in [6.07, 6.45) is -38.9. The Kier molecular flexibility index (Phi) is 10.5. The van der Waals surface area contributed by atoms with Crippen LogP contribution in [0.2, 0.25) is 0 Å². The molecule has 0 aliphatic heterocycles. The summed E-state index contributed by atoms with van der Waals surface area (Å²) < 4.78 is 220. The maximum atomic E-state index is 14.3. The van der Waals surface area contributed by atoms with Crippen LogP contribution >= 0.6 is 11.6 Å². The van der Waals surface area contributed by atoms with Gasteiger partial charge in [0.25, 0.3) is 12.6 Å². The number of rotatable bonds is 13. The van der Waals surface area contributed by atoms with Crippen molar-refractivity contribution in [3.8, 4) is 0 Å². The molecule has 0 aliphatic rings. The Morgan fingerprint density at radius 2 is 1.17 bits per heavy atom. The van der Waals surface area contributed by atoms with E-state index in [1.807, 2.05) is 0 Å². The average molecular weight is 585 g/mol. The minimum atomic E-state index is -7.76. The standard InChI is InChI=1S/C14H13ClF16O4/c1-5(3-15)32-4-8(2,17)34-7(10(21,22)33-6(16)9(18,19)20)35-14(30,31)12(25,26)11(23,24)13(27,28)29/h5-7H,3-4H2,1-2H3/t5?,6?,7?,8-/m1/s1. The van der Waals surface area contributed by atoms with Crippen LogP contribution < -0.4 is 0 Å². The number of ether oxygens (including phenoxy) is 4. The van der Waals surface area contributed by atoms with E-state index >= 15 is 0 Å². The van der Waals surface area contributed by atoms with Gasteiger partial charge in [0.2, 0.25) is 5.85 Å². The van der Waals surface area contributed by atoms with Gasteiger partial charge < -0.3 is 9.47 Å². The topological polar surface area (TPSA) is 36.9 Å². The molecule has 0 aromatic carbocycles. The van der Waals surface area contributed by atoms with E-state index in [0.29, 0.717) is 0 Å². The van der Waals surface area contributed by atoms with Crippen molar-refractivity contribution >= 4 is 11.6 Å². The first-order chi connectivity index (χ1) is 15.1. The van der Waals surface area contributed by atoms with Crippen molar-refractivity contribution in [1.29, 1.82) is 0 Å². The molecule has 0 amide bonds. The molecule has 0 fully saturated rings. The molecule has 0 N–H and O–H groups in total. The third kappa shape index (κ3) is 8.53. The summed E-state index contributed by atoms with van der Waals surface area (Å²) in [7, 11) is 0. The van der Waals surface area contributed by atoms with Gasteiger partial charge in [0.15, 0.2) is 0 Å². The number of hydrogen-bond donors (Lipinski definition) is 0. The molecule has 0 saturated heterocycles. The molecule has 0 aliphatic carbocycles. The molecule has 35 heavy (non-hydrogen) atoms. The molecule has 4 atom stereocenters. The Morgan fingerprint density at radius 3 is 1.54 bits per heavy atom. The third-order valence-electron chi connectivity index (χ3n) is 3.36. The van der Waals surface area contributed by atoms with Crippen molar-refractivity contribution in [2.75, 3.05) is 12.5 Å². The van der Waals surface area contributed by atoms with E-state index in [0.717, 1.165) is 6.92 Å². The van der Waals surface area contributed by atoms with Crippen LogP contribution in [0.3, 0.4) is 0 Å². The van der Waals surface area contributed by atoms with E-state index < -0.39 is 73.5 Å². The highest BCUT2D eigenvalue weighted by molar-refractivity contribution is 6.18. The van der Waals surface area contributed by atoms with Gasteiger partial charge in [0.1, 0.15) is 6.61 Å². The van der Waals surface area contributed by atoms with Crippen molar-refractivity contribution in [2.45, 2.75) is 74.9 Å². The fourth-order valence-electron chi connectivity index (χ4n) is 1.58. The molecule has 4 nitrogen and oxygen atoms in total. The number of hydrogen-bond acceptors (Lipinski definition) is 4. The minimum Gasteiger partial charge on any atom is -0.371 e. The van der Waals surface area contributed by atoms with Crippen LogP contribution in [0, 0.1) is 0 Å². The lowest BCUT2D eigenvalue weighted by Crippen LogP contribution is -2.64. The lowest BCUT2D eigenvalue weighted by molar-refractivity contribution is -0.505. The summed E-state index contributed by atoms with van der Waals surface area (Å²) in [5, 5.41) is 0. The van der Waals surface area contributed by atoms with Crippen LogP contribution in [-0.2, 0) is 18.9 Å². The third-order valence-corrected chi connectivity index (χ3v) is 3.79. The smallest absolute Gasteiger partial charge is 0.371 e. The molecule has 0 bridgehead atoms. The van der Waals surface area contributed by atoms with Crippen molar-refractivity contribution in [1.82, 2.24) is 0 Å². The quantitative estimate of drug-likeness (QED) is 0.140. The van der Waals surface area contributed by atoms with Gasteiger partial charge in [-0.25, -0.2) is 8.78 Å². The largest absolute Gasteiger partial charge is 0.460 e. The Bertz CT molecular complexity index is 680. The maximum Gasteiger partial charge on any atom is 0.460 e. The van der Waals surface area contributed by atoms with Crippen LogP contribution in [0.4, 0.5) is 70.2 Å². The number of halogens is 17. The summed E-state index contributed by atoms with van der Waals surface area (Å²) >= 11 is 5.23. The Balaban J connectivity index is 6.31. The zero-order valence-electron chi connectivity index (χ0n) is 16.7. The van der Waals surface area contributed by atoms with E-state index in [-0.39, 0.29) is 6.92 Å². The van der Waals surface area contributed by atoms with Gasteiger partial charge in [0, 0.05) is 5.88 Å². The van der Waals surface area contributed by atoms with Crippen LogP contribution in [0.1, 0.15) is 13.8 Å². The molecule has 212 valence electrons. The summed E-state index contributed by atoms with van der Waals surface area (Å²) in [4.78, 5) is 0. The molecule has 0 radical (unpaired) electrons. The van der Waals surface area contributed by atoms with Crippen molar-refractivity contribution < 1.29 is 89.2 Å². The van der Waals surface area contributed by atoms with Gasteiger partial charge in [-0.1, -0.05) is 0 Å². The summed E-state index contributed by atoms with van der Waals surface area (Å²) in [6.45, 7) is -0.646. The predicted octanol–water partition coefficient (Wildman–Crippen LogP) is 6.57. The molecular formula is C14H13ClF16O4. The monoisotopic (exact) mass is 584 g/mol. The normalized spacial score (nSPS) is 19.3. The first-order valence-electron chi connectivity index (χ1n) is 8.33. The Hall–Kier alpha value is -0.990. The van der Waals surface area contributed by atoms with Gasteiger partial charge in [-0.3, -0.25) is 9.47 Å².